The first-order valence-corrected chi connectivity index (χ1v) is 11.3. The number of anilines is 1. The summed E-state index contributed by atoms with van der Waals surface area (Å²) in [4.78, 5) is 39.1. The Morgan fingerprint density at radius 3 is 2.19 bits per heavy atom. The van der Waals surface area contributed by atoms with Crippen LogP contribution in [0.2, 0.25) is 0 Å². The van der Waals surface area contributed by atoms with Gasteiger partial charge in [0, 0.05) is 12.1 Å². The van der Waals surface area contributed by atoms with E-state index in [0.29, 0.717) is 24.3 Å². The van der Waals surface area contributed by atoms with Crippen molar-refractivity contribution in [2.24, 2.45) is 5.73 Å². The summed E-state index contributed by atoms with van der Waals surface area (Å²) >= 11 is 0. The normalized spacial score (nSPS) is 15.3. The van der Waals surface area contributed by atoms with Gasteiger partial charge in [0.05, 0.1) is 44.0 Å². The van der Waals surface area contributed by atoms with Crippen LogP contribution < -0.4 is 10.6 Å². The average molecular weight is 490 g/mol. The second-order valence-electron chi connectivity index (χ2n) is 7.81. The molecule has 0 spiro atoms. The number of benzene rings is 2. The van der Waals surface area contributed by atoms with E-state index in [-0.39, 0.29) is 35.1 Å². The van der Waals surface area contributed by atoms with Crippen LogP contribution in [0.1, 0.15) is 30.4 Å². The van der Waals surface area contributed by atoms with Crippen LogP contribution in [0.5, 0.6) is 0 Å². The molecule has 2 aromatic rings. The summed E-state index contributed by atoms with van der Waals surface area (Å²) in [7, 11) is 2.39. The summed E-state index contributed by atoms with van der Waals surface area (Å²) in [5.41, 5.74) is 8.22. The molecule has 36 heavy (non-hydrogen) atoms. The molecule has 0 amide bonds. The summed E-state index contributed by atoms with van der Waals surface area (Å²) in [5, 5.41) is 10.1. The second kappa shape index (κ2) is 11.7. The Morgan fingerprint density at radius 1 is 1.00 bits per heavy atom. The van der Waals surface area contributed by atoms with E-state index in [1.165, 1.54) is 19.1 Å². The van der Waals surface area contributed by atoms with Crippen molar-refractivity contribution >= 4 is 23.6 Å². The van der Waals surface area contributed by atoms with Gasteiger partial charge in [-0.2, -0.15) is 5.26 Å². The number of methoxy groups -OCH3 is 2. The number of aryl methyl sites for hydroxylation is 1. The van der Waals surface area contributed by atoms with Crippen LogP contribution in [0, 0.1) is 11.3 Å². The maximum Gasteiger partial charge on any atom is 0.355 e. The first-order valence-electron chi connectivity index (χ1n) is 11.3. The summed E-state index contributed by atoms with van der Waals surface area (Å²) in [6, 6.07) is 17.8. The summed E-state index contributed by atoms with van der Waals surface area (Å²) in [6.45, 7) is 2.06. The largest absolute Gasteiger partial charge is 0.466 e. The molecule has 1 unspecified atom stereocenters. The molecule has 0 saturated heterocycles. The van der Waals surface area contributed by atoms with Gasteiger partial charge in [0.2, 0.25) is 0 Å². The number of allylic oxidation sites excluding steroid dienone is 1. The highest BCUT2D eigenvalue weighted by molar-refractivity contribution is 6.06. The summed E-state index contributed by atoms with van der Waals surface area (Å²) < 4.78 is 15.0. The minimum Gasteiger partial charge on any atom is -0.466 e. The fourth-order valence-electron chi connectivity index (χ4n) is 4.07. The number of ether oxygens (including phenoxy) is 3. The number of hydrogen-bond donors (Lipinski definition) is 1. The smallest absolute Gasteiger partial charge is 0.355 e. The number of nitrogens with zero attached hydrogens (tertiary/aromatic N) is 2. The van der Waals surface area contributed by atoms with E-state index in [2.05, 4.69) is 6.07 Å². The Hall–Kier alpha value is -4.58. The van der Waals surface area contributed by atoms with Crippen molar-refractivity contribution in [3.63, 3.8) is 0 Å². The first-order chi connectivity index (χ1) is 17.4. The lowest BCUT2D eigenvalue weighted by atomic mass is 9.81. The van der Waals surface area contributed by atoms with Gasteiger partial charge in [0.25, 0.3) is 0 Å². The molecule has 1 atom stereocenters. The molecule has 2 N–H and O–H groups in total. The van der Waals surface area contributed by atoms with Crippen molar-refractivity contribution in [1.29, 1.82) is 5.26 Å². The molecule has 1 heterocycles. The molecule has 0 aromatic heterocycles. The monoisotopic (exact) mass is 489 g/mol. The Labute approximate surface area is 209 Å². The quantitative estimate of drug-likeness (QED) is 0.439. The number of carbonyl (C=O) groups is 3. The van der Waals surface area contributed by atoms with Crippen molar-refractivity contribution in [3.8, 4) is 6.07 Å². The standard InChI is InChI=1S/C27H27N3O6/c1-4-36-21(31)15-12-17-10-13-19(14-11-17)30-24(27(33)35-3)23(26(32)34-2)22(20(16-28)25(30)29)18-8-6-5-7-9-18/h5-11,13-14,22H,4,12,15,29H2,1-3H3. The Kier molecular flexibility index (Phi) is 8.47. The van der Waals surface area contributed by atoms with E-state index in [1.54, 1.807) is 61.5 Å². The van der Waals surface area contributed by atoms with Crippen LogP contribution in [0.25, 0.3) is 0 Å². The Morgan fingerprint density at radius 2 is 1.64 bits per heavy atom. The molecule has 3 rings (SSSR count). The van der Waals surface area contributed by atoms with E-state index in [0.717, 1.165) is 5.56 Å². The van der Waals surface area contributed by atoms with Crippen molar-refractivity contribution in [1.82, 2.24) is 0 Å². The van der Waals surface area contributed by atoms with Crippen molar-refractivity contribution in [2.75, 3.05) is 25.7 Å². The highest BCUT2D eigenvalue weighted by Gasteiger charge is 2.42. The molecule has 186 valence electrons. The minimum absolute atomic E-state index is 0.0151. The lowest BCUT2D eigenvalue weighted by Gasteiger charge is -2.35. The molecule has 9 heteroatoms. The zero-order valence-corrected chi connectivity index (χ0v) is 20.3. The average Bonchev–Trinajstić information content (AvgIpc) is 2.91. The van der Waals surface area contributed by atoms with E-state index >= 15 is 0 Å². The van der Waals surface area contributed by atoms with Crippen LogP contribution in [-0.2, 0) is 35.0 Å². The van der Waals surface area contributed by atoms with Crippen LogP contribution in [0.15, 0.2) is 77.3 Å². The number of nitrogens with two attached hydrogens (primary N) is 1. The van der Waals surface area contributed by atoms with Gasteiger partial charge in [-0.15, -0.1) is 0 Å². The molecule has 1 aliphatic heterocycles. The van der Waals surface area contributed by atoms with Gasteiger partial charge in [-0.1, -0.05) is 42.5 Å². The van der Waals surface area contributed by atoms with Gasteiger partial charge >= 0.3 is 17.9 Å². The third-order valence-electron chi connectivity index (χ3n) is 5.73. The maximum absolute atomic E-state index is 13.1. The van der Waals surface area contributed by atoms with Gasteiger partial charge in [-0.3, -0.25) is 9.69 Å². The number of hydrogen-bond acceptors (Lipinski definition) is 9. The second-order valence-corrected chi connectivity index (χ2v) is 7.81. The van der Waals surface area contributed by atoms with Crippen LogP contribution in [-0.4, -0.2) is 38.7 Å². The number of nitriles is 1. The van der Waals surface area contributed by atoms with Gasteiger partial charge < -0.3 is 19.9 Å². The summed E-state index contributed by atoms with van der Waals surface area (Å²) in [5.74, 6) is -2.85. The molecule has 9 nitrogen and oxygen atoms in total. The zero-order valence-electron chi connectivity index (χ0n) is 20.3. The van der Waals surface area contributed by atoms with Crippen molar-refractivity contribution in [2.45, 2.75) is 25.7 Å². The molecule has 0 fully saturated rings. The van der Waals surface area contributed by atoms with Crippen LogP contribution in [0.3, 0.4) is 0 Å². The fraction of sp³-hybridized carbons (Fsp3) is 0.259. The lowest BCUT2D eigenvalue weighted by Crippen LogP contribution is -2.40. The third-order valence-corrected chi connectivity index (χ3v) is 5.73. The van der Waals surface area contributed by atoms with Crippen LogP contribution >= 0.6 is 0 Å². The van der Waals surface area contributed by atoms with Gasteiger partial charge in [0.15, 0.2) is 0 Å². The lowest BCUT2D eigenvalue weighted by molar-refractivity contribution is -0.143. The van der Waals surface area contributed by atoms with E-state index in [4.69, 9.17) is 19.9 Å². The molecule has 0 radical (unpaired) electrons. The molecule has 2 aromatic carbocycles. The third kappa shape index (κ3) is 5.23. The Balaban J connectivity index is 2.16. The highest BCUT2D eigenvalue weighted by atomic mass is 16.5. The molecule has 1 aliphatic rings. The number of carbonyl (C=O) groups excluding carboxylic acids is 3. The minimum atomic E-state index is -0.933. The predicted molar refractivity (Wildman–Crippen MR) is 131 cm³/mol. The van der Waals surface area contributed by atoms with E-state index in [1.807, 2.05) is 0 Å². The highest BCUT2D eigenvalue weighted by Crippen LogP contribution is 2.43. The van der Waals surface area contributed by atoms with Gasteiger partial charge in [0.1, 0.15) is 11.5 Å². The predicted octanol–water partition coefficient (Wildman–Crippen LogP) is 3.08. The van der Waals surface area contributed by atoms with Crippen molar-refractivity contribution in [3.05, 3.63) is 88.4 Å². The molecule has 0 bridgehead atoms. The van der Waals surface area contributed by atoms with Gasteiger partial charge in [-0.05, 0) is 36.6 Å². The van der Waals surface area contributed by atoms with E-state index < -0.39 is 17.9 Å². The topological polar surface area (TPSA) is 132 Å². The maximum atomic E-state index is 13.1. The molecular weight excluding hydrogens is 462 g/mol. The molecule has 0 aliphatic carbocycles. The molecule has 0 saturated carbocycles. The number of rotatable bonds is 8. The van der Waals surface area contributed by atoms with Crippen LogP contribution in [0.4, 0.5) is 5.69 Å². The van der Waals surface area contributed by atoms with E-state index in [9.17, 15) is 19.6 Å². The SMILES string of the molecule is CCOC(=O)CCc1ccc(N2C(N)=C(C#N)C(c3ccccc3)C(C(=O)OC)=C2C(=O)OC)cc1. The van der Waals surface area contributed by atoms with Gasteiger partial charge in [-0.25, -0.2) is 9.59 Å². The number of esters is 3. The zero-order chi connectivity index (χ0) is 26.2. The first kappa shape index (κ1) is 26.0. The summed E-state index contributed by atoms with van der Waals surface area (Å²) in [6.07, 6.45) is 0.674. The fourth-order valence-corrected chi connectivity index (χ4v) is 4.07. The molecular formula is C27H27N3O6. The Bertz CT molecular complexity index is 1240. The van der Waals surface area contributed by atoms with Crippen molar-refractivity contribution < 1.29 is 28.6 Å².